The highest BCUT2D eigenvalue weighted by molar-refractivity contribution is 7.42. The summed E-state index contributed by atoms with van der Waals surface area (Å²) in [5, 5.41) is 0. The van der Waals surface area contributed by atoms with E-state index in [0.717, 1.165) is 0 Å². The van der Waals surface area contributed by atoms with Crippen LogP contribution >= 0.6 is 68.0 Å². The molecule has 0 saturated heterocycles. The third-order valence-electron chi connectivity index (χ3n) is 12.2. The summed E-state index contributed by atoms with van der Waals surface area (Å²) in [5.74, 6) is 0. The molecule has 12 aromatic rings. The molecule has 0 aliphatic carbocycles. The van der Waals surface area contributed by atoms with Crippen LogP contribution < -0.4 is 0 Å². The molecule has 0 fully saturated rings. The zero-order valence-corrected chi connectivity index (χ0v) is 39.4. The summed E-state index contributed by atoms with van der Waals surface area (Å²) in [5.41, 5.74) is 18.2. The summed E-state index contributed by atoms with van der Waals surface area (Å²) in [7, 11) is 0. The van der Waals surface area contributed by atoms with E-state index in [9.17, 15) is 0 Å². The summed E-state index contributed by atoms with van der Waals surface area (Å²) in [6.45, 7) is 8.92. The number of aryl methyl sites for hydroxylation is 4. The van der Waals surface area contributed by atoms with E-state index in [4.69, 9.17) is 0 Å². The van der Waals surface area contributed by atoms with Gasteiger partial charge in [0.15, 0.2) is 0 Å². The molecule has 6 heteroatoms. The highest BCUT2D eigenvalue weighted by Crippen LogP contribution is 2.55. The third kappa shape index (κ3) is 6.23. The second-order valence-corrected chi connectivity index (χ2v) is 22.5. The second-order valence-electron chi connectivity index (χ2n) is 16.1. The zero-order valence-electron chi connectivity index (χ0n) is 34.5. The van der Waals surface area contributed by atoms with Gasteiger partial charge in [-0.25, -0.2) is 0 Å². The van der Waals surface area contributed by atoms with Crippen LogP contribution in [-0.2, 0) is 0 Å². The van der Waals surface area contributed by atoms with Crippen LogP contribution in [0.3, 0.4) is 0 Å². The fraction of sp³-hybridized carbons (Fsp3) is 0.0714. The highest BCUT2D eigenvalue weighted by Gasteiger charge is 2.24. The molecule has 0 nitrogen and oxygen atoms in total. The number of thiophene rings is 6. The largest absolute Gasteiger partial charge is 0.133 e. The van der Waals surface area contributed by atoms with E-state index < -0.39 is 0 Å². The molecule has 0 amide bonds. The Kier molecular flexibility index (Phi) is 9.33. The molecule has 12 rings (SSSR count). The van der Waals surface area contributed by atoms with Crippen molar-refractivity contribution in [2.45, 2.75) is 27.7 Å². The maximum atomic E-state index is 2.46. The Balaban J connectivity index is 0.963. The van der Waals surface area contributed by atoms with Crippen molar-refractivity contribution in [1.82, 2.24) is 0 Å². The normalized spacial score (nSPS) is 11.9. The number of hydrogen-bond donors (Lipinski definition) is 0. The molecule has 6 aromatic heterocycles. The van der Waals surface area contributed by atoms with E-state index in [1.54, 1.807) is 0 Å². The smallest absolute Gasteiger partial charge is 0.0636 e. The molecule has 0 spiro atoms. The van der Waals surface area contributed by atoms with Gasteiger partial charge in [0.25, 0.3) is 0 Å². The average Bonchev–Trinajstić information content (AvgIpc) is 4.14. The summed E-state index contributed by atoms with van der Waals surface area (Å²) in [4.78, 5) is 5.41. The standard InChI is InChI=1S/C56H38S6/c1-31-15-5-9-19-35(31)39-23-13-24-40(36-20-10-6-16-32(36)2)51(39)45-29-49-55(61-45)53-47(57-49)27-43(59-53)44-28-48-54(60-44)56-50(58-48)30-46(62-56)52-41(37-21-11-7-17-33(37)3)25-14-26-42(52)38-22-12-8-18-34(38)4/h5-30H,1-4H3. The zero-order chi connectivity index (χ0) is 41.6. The van der Waals surface area contributed by atoms with Crippen LogP contribution in [0.2, 0.25) is 0 Å². The van der Waals surface area contributed by atoms with Crippen molar-refractivity contribution in [1.29, 1.82) is 0 Å². The summed E-state index contributed by atoms with van der Waals surface area (Å²) < 4.78 is 11.2. The average molecular weight is 903 g/mol. The fourth-order valence-electron chi connectivity index (χ4n) is 9.19. The van der Waals surface area contributed by atoms with Gasteiger partial charge in [-0.15, -0.1) is 68.0 Å². The first kappa shape index (κ1) is 38.3. The Morgan fingerprint density at radius 1 is 0.242 bits per heavy atom. The van der Waals surface area contributed by atoms with Crippen LogP contribution in [0.1, 0.15) is 22.3 Å². The van der Waals surface area contributed by atoms with Gasteiger partial charge in [0.05, 0.1) is 18.8 Å². The van der Waals surface area contributed by atoms with Crippen molar-refractivity contribution in [3.63, 3.8) is 0 Å². The minimum Gasteiger partial charge on any atom is -0.133 e. The van der Waals surface area contributed by atoms with Gasteiger partial charge in [-0.05, 0) is 119 Å². The first-order chi connectivity index (χ1) is 30.4. The molecule has 0 radical (unpaired) electrons. The van der Waals surface area contributed by atoms with Gasteiger partial charge < -0.3 is 0 Å². The van der Waals surface area contributed by atoms with Gasteiger partial charge in [-0.1, -0.05) is 133 Å². The first-order valence-electron chi connectivity index (χ1n) is 20.8. The second kappa shape index (κ2) is 15.1. The molecule has 298 valence electrons. The highest BCUT2D eigenvalue weighted by atomic mass is 32.1. The van der Waals surface area contributed by atoms with Crippen LogP contribution in [0.25, 0.3) is 113 Å². The molecule has 0 saturated carbocycles. The molecule has 0 N–H and O–H groups in total. The van der Waals surface area contributed by atoms with Crippen molar-refractivity contribution in [2.75, 3.05) is 0 Å². The number of fused-ring (bicyclic) bond motifs is 6. The Morgan fingerprint density at radius 2 is 0.484 bits per heavy atom. The fourth-order valence-corrected chi connectivity index (χ4v) is 17.5. The van der Waals surface area contributed by atoms with Crippen molar-refractivity contribution >= 4 is 106 Å². The monoisotopic (exact) mass is 902 g/mol. The van der Waals surface area contributed by atoms with Gasteiger partial charge in [-0.3, -0.25) is 0 Å². The van der Waals surface area contributed by atoms with E-state index in [2.05, 4.69) is 185 Å². The summed E-state index contributed by atoms with van der Waals surface area (Å²) in [6.07, 6.45) is 0. The van der Waals surface area contributed by atoms with E-state index in [0.29, 0.717) is 0 Å². The molecule has 0 unspecified atom stereocenters. The Hall–Kier alpha value is -5.44. The quantitative estimate of drug-likeness (QED) is 0.149. The van der Waals surface area contributed by atoms with Crippen LogP contribution in [0.5, 0.6) is 0 Å². The molecular formula is C56H38S6. The molecule has 6 aromatic carbocycles. The lowest BCUT2D eigenvalue weighted by Crippen LogP contribution is -1.92. The van der Waals surface area contributed by atoms with Crippen molar-refractivity contribution in [3.05, 3.63) is 180 Å². The van der Waals surface area contributed by atoms with Crippen molar-refractivity contribution in [3.8, 4) is 75.1 Å². The van der Waals surface area contributed by atoms with Gasteiger partial charge in [0, 0.05) is 49.4 Å². The third-order valence-corrected chi connectivity index (χ3v) is 20.0. The van der Waals surface area contributed by atoms with Crippen molar-refractivity contribution in [2.24, 2.45) is 0 Å². The lowest BCUT2D eigenvalue weighted by atomic mass is 9.88. The number of benzene rings is 6. The molecule has 6 heterocycles. The number of hydrogen-bond acceptors (Lipinski definition) is 6. The maximum absolute atomic E-state index is 2.46. The van der Waals surface area contributed by atoms with E-state index in [1.807, 2.05) is 68.0 Å². The van der Waals surface area contributed by atoms with Gasteiger partial charge >= 0.3 is 0 Å². The van der Waals surface area contributed by atoms with E-state index >= 15 is 0 Å². The van der Waals surface area contributed by atoms with Crippen molar-refractivity contribution < 1.29 is 0 Å². The van der Waals surface area contributed by atoms with E-state index in [-0.39, 0.29) is 0 Å². The Bertz CT molecular complexity index is 3330. The van der Waals surface area contributed by atoms with Gasteiger partial charge in [-0.2, -0.15) is 0 Å². The first-order valence-corrected chi connectivity index (χ1v) is 25.7. The lowest BCUT2D eigenvalue weighted by Gasteiger charge is -2.17. The molecular weight excluding hydrogens is 865 g/mol. The predicted octanol–water partition coefficient (Wildman–Crippen LogP) is 19.6. The Labute approximate surface area is 385 Å². The minimum atomic E-state index is 1.30. The van der Waals surface area contributed by atoms with E-state index in [1.165, 1.54) is 135 Å². The predicted molar refractivity (Wildman–Crippen MR) is 281 cm³/mol. The topological polar surface area (TPSA) is 0 Å². The molecule has 0 bridgehead atoms. The molecule has 62 heavy (non-hydrogen) atoms. The summed E-state index contributed by atoms with van der Waals surface area (Å²) >= 11 is 11.8. The van der Waals surface area contributed by atoms with Crippen LogP contribution in [0.15, 0.2) is 158 Å². The maximum Gasteiger partial charge on any atom is 0.0636 e. The Morgan fingerprint density at radius 3 is 0.774 bits per heavy atom. The molecule has 0 aliphatic heterocycles. The number of rotatable bonds is 7. The molecule has 0 aliphatic rings. The SMILES string of the molecule is Cc1ccccc1-c1cccc(-c2ccccc2C)c1-c1cc2sc3cc(-c4cc5sc6cc(-c7c(-c8ccccc8C)cccc7-c7ccccc7C)sc6c5s4)sc3c2s1. The summed E-state index contributed by atoms with van der Waals surface area (Å²) in [6, 6.07) is 58.8. The van der Waals surface area contributed by atoms with Crippen LogP contribution in [-0.4, -0.2) is 0 Å². The minimum absolute atomic E-state index is 1.30. The molecule has 0 atom stereocenters. The van der Waals surface area contributed by atoms with Crippen LogP contribution in [0.4, 0.5) is 0 Å². The van der Waals surface area contributed by atoms with Gasteiger partial charge in [0.2, 0.25) is 0 Å². The lowest BCUT2D eigenvalue weighted by molar-refractivity contribution is 1.44. The van der Waals surface area contributed by atoms with Gasteiger partial charge in [0.1, 0.15) is 0 Å². The van der Waals surface area contributed by atoms with Crippen LogP contribution in [0, 0.1) is 27.7 Å².